The SMILES string of the molecule is Cc1ccc(C)c(/C=N\n2c(SCc3ccccc3)n[nH]c2=S)c1. The van der Waals surface area contributed by atoms with Gasteiger partial charge in [0.2, 0.25) is 9.93 Å². The molecule has 0 spiro atoms. The summed E-state index contributed by atoms with van der Waals surface area (Å²) in [6, 6.07) is 16.6. The number of rotatable bonds is 5. The number of aromatic nitrogens is 3. The molecule has 0 atom stereocenters. The molecule has 0 radical (unpaired) electrons. The van der Waals surface area contributed by atoms with Gasteiger partial charge in [-0.05, 0) is 42.8 Å². The highest BCUT2D eigenvalue weighted by atomic mass is 32.2. The molecule has 1 heterocycles. The number of nitrogens with one attached hydrogen (secondary N) is 1. The van der Waals surface area contributed by atoms with Crippen molar-refractivity contribution < 1.29 is 0 Å². The number of hydrogen-bond donors (Lipinski definition) is 1. The number of nitrogens with zero attached hydrogens (tertiary/aromatic N) is 3. The fourth-order valence-electron chi connectivity index (χ4n) is 2.21. The van der Waals surface area contributed by atoms with Crippen LogP contribution in [0.15, 0.2) is 58.8 Å². The summed E-state index contributed by atoms with van der Waals surface area (Å²) in [7, 11) is 0. The van der Waals surface area contributed by atoms with Crippen LogP contribution in [0.25, 0.3) is 0 Å². The molecule has 4 nitrogen and oxygen atoms in total. The third kappa shape index (κ3) is 4.01. The lowest BCUT2D eigenvalue weighted by atomic mass is 10.1. The molecule has 3 aromatic rings. The molecule has 0 aliphatic carbocycles. The van der Waals surface area contributed by atoms with Gasteiger partial charge in [0, 0.05) is 5.75 Å². The van der Waals surface area contributed by atoms with E-state index in [9.17, 15) is 0 Å². The largest absolute Gasteiger partial charge is 0.249 e. The number of thioether (sulfide) groups is 1. The van der Waals surface area contributed by atoms with Crippen LogP contribution < -0.4 is 0 Å². The van der Waals surface area contributed by atoms with E-state index in [0.717, 1.165) is 16.5 Å². The van der Waals surface area contributed by atoms with Crippen LogP contribution in [0.5, 0.6) is 0 Å². The summed E-state index contributed by atoms with van der Waals surface area (Å²) >= 11 is 6.90. The molecule has 0 aliphatic heterocycles. The molecule has 0 unspecified atom stereocenters. The van der Waals surface area contributed by atoms with Gasteiger partial charge in [-0.15, -0.1) is 5.10 Å². The first-order valence-electron chi connectivity index (χ1n) is 7.59. The number of hydrogen-bond acceptors (Lipinski definition) is 4. The average Bonchev–Trinajstić information content (AvgIpc) is 2.95. The summed E-state index contributed by atoms with van der Waals surface area (Å²) in [5.74, 6) is 0.819. The molecule has 1 aromatic heterocycles. The Morgan fingerprint density at radius 2 is 2.00 bits per heavy atom. The zero-order valence-electron chi connectivity index (χ0n) is 13.6. The second kappa shape index (κ2) is 7.59. The van der Waals surface area contributed by atoms with E-state index in [1.54, 1.807) is 16.4 Å². The lowest BCUT2D eigenvalue weighted by Gasteiger charge is -2.03. The van der Waals surface area contributed by atoms with Gasteiger partial charge in [-0.25, -0.2) is 5.10 Å². The molecule has 0 fully saturated rings. The fourth-order valence-corrected chi connectivity index (χ4v) is 3.31. The van der Waals surface area contributed by atoms with Crippen LogP contribution in [-0.4, -0.2) is 21.1 Å². The summed E-state index contributed by atoms with van der Waals surface area (Å²) in [5, 5.41) is 12.4. The maximum Gasteiger partial charge on any atom is 0.217 e. The van der Waals surface area contributed by atoms with E-state index < -0.39 is 0 Å². The minimum Gasteiger partial charge on any atom is -0.249 e. The van der Waals surface area contributed by atoms with Gasteiger partial charge in [-0.2, -0.15) is 9.78 Å². The Labute approximate surface area is 150 Å². The average molecular weight is 355 g/mol. The van der Waals surface area contributed by atoms with Crippen LogP contribution in [-0.2, 0) is 5.75 Å². The summed E-state index contributed by atoms with van der Waals surface area (Å²) < 4.78 is 2.16. The molecule has 1 N–H and O–H groups in total. The highest BCUT2D eigenvalue weighted by Crippen LogP contribution is 2.21. The molecule has 0 amide bonds. The second-order valence-corrected chi connectivity index (χ2v) is 6.83. The third-order valence-electron chi connectivity index (χ3n) is 3.58. The molecular formula is C18H18N4S2. The zero-order chi connectivity index (χ0) is 16.9. The first-order valence-corrected chi connectivity index (χ1v) is 8.98. The van der Waals surface area contributed by atoms with Crippen LogP contribution in [0.4, 0.5) is 0 Å². The molecule has 0 saturated carbocycles. The lowest BCUT2D eigenvalue weighted by Crippen LogP contribution is -1.96. The van der Waals surface area contributed by atoms with Crippen LogP contribution >= 0.6 is 24.0 Å². The van der Waals surface area contributed by atoms with Crippen molar-refractivity contribution in [2.75, 3.05) is 0 Å². The number of aryl methyl sites for hydroxylation is 2. The molecule has 24 heavy (non-hydrogen) atoms. The maximum absolute atomic E-state index is 5.30. The van der Waals surface area contributed by atoms with Crippen LogP contribution in [0.2, 0.25) is 0 Å². The van der Waals surface area contributed by atoms with Gasteiger partial charge >= 0.3 is 0 Å². The normalized spacial score (nSPS) is 11.2. The summed E-state index contributed by atoms with van der Waals surface area (Å²) in [5.41, 5.74) is 4.70. The number of benzene rings is 2. The van der Waals surface area contributed by atoms with Crippen molar-refractivity contribution in [3.63, 3.8) is 0 Å². The van der Waals surface area contributed by atoms with Gasteiger partial charge in [-0.3, -0.25) is 0 Å². The molecule has 122 valence electrons. The zero-order valence-corrected chi connectivity index (χ0v) is 15.2. The summed E-state index contributed by atoms with van der Waals surface area (Å²) in [6.45, 7) is 4.14. The number of aromatic amines is 1. The van der Waals surface area contributed by atoms with E-state index in [1.165, 1.54) is 16.7 Å². The summed E-state index contributed by atoms with van der Waals surface area (Å²) in [6.07, 6.45) is 1.83. The molecule has 0 saturated heterocycles. The molecule has 0 bridgehead atoms. The van der Waals surface area contributed by atoms with Crippen LogP contribution in [0, 0.1) is 18.6 Å². The van der Waals surface area contributed by atoms with Crippen molar-refractivity contribution in [1.82, 2.24) is 14.9 Å². The molecule has 3 rings (SSSR count). The Bertz CT molecular complexity index is 910. The predicted molar refractivity (Wildman–Crippen MR) is 102 cm³/mol. The monoisotopic (exact) mass is 354 g/mol. The molecule has 2 aromatic carbocycles. The Morgan fingerprint density at radius 1 is 1.21 bits per heavy atom. The van der Waals surface area contributed by atoms with Crippen molar-refractivity contribution >= 4 is 30.2 Å². The first-order chi connectivity index (χ1) is 11.6. The minimum absolute atomic E-state index is 0.493. The van der Waals surface area contributed by atoms with Gasteiger partial charge < -0.3 is 0 Å². The van der Waals surface area contributed by atoms with E-state index in [0.29, 0.717) is 4.77 Å². The van der Waals surface area contributed by atoms with Gasteiger partial charge in [-0.1, -0.05) is 65.9 Å². The van der Waals surface area contributed by atoms with Gasteiger partial charge in [0.05, 0.1) is 6.21 Å². The Kier molecular flexibility index (Phi) is 5.27. The van der Waals surface area contributed by atoms with Gasteiger partial charge in [0.15, 0.2) is 0 Å². The van der Waals surface area contributed by atoms with Gasteiger partial charge in [0.1, 0.15) is 0 Å². The van der Waals surface area contributed by atoms with Crippen molar-refractivity contribution in [1.29, 1.82) is 0 Å². The van der Waals surface area contributed by atoms with Gasteiger partial charge in [0.25, 0.3) is 0 Å². The van der Waals surface area contributed by atoms with E-state index in [2.05, 4.69) is 59.5 Å². The maximum atomic E-state index is 5.30. The highest BCUT2D eigenvalue weighted by molar-refractivity contribution is 7.98. The first kappa shape index (κ1) is 16.7. The lowest BCUT2D eigenvalue weighted by molar-refractivity contribution is 0.758. The minimum atomic E-state index is 0.493. The highest BCUT2D eigenvalue weighted by Gasteiger charge is 2.06. The molecule has 0 aliphatic rings. The topological polar surface area (TPSA) is 46.0 Å². The standard InChI is InChI=1S/C18H18N4S2/c1-13-8-9-14(2)16(10-13)11-19-22-17(23)20-21-18(22)24-12-15-6-4-3-5-7-15/h3-11H,12H2,1-2H3,(H,20,23)/b19-11-. The smallest absolute Gasteiger partial charge is 0.217 e. The Morgan fingerprint density at radius 3 is 2.79 bits per heavy atom. The van der Waals surface area contributed by atoms with Crippen molar-refractivity contribution in [3.05, 3.63) is 75.6 Å². The molecule has 6 heteroatoms. The van der Waals surface area contributed by atoms with E-state index in [1.807, 2.05) is 24.4 Å². The van der Waals surface area contributed by atoms with Crippen molar-refractivity contribution in [2.45, 2.75) is 24.8 Å². The Hall–Kier alpha value is -2.18. The third-order valence-corrected chi connectivity index (χ3v) is 4.84. The molecular weight excluding hydrogens is 336 g/mol. The van der Waals surface area contributed by atoms with Crippen LogP contribution in [0.1, 0.15) is 22.3 Å². The van der Waals surface area contributed by atoms with E-state index in [4.69, 9.17) is 12.2 Å². The Balaban J connectivity index is 1.81. The second-order valence-electron chi connectivity index (χ2n) is 5.50. The quantitative estimate of drug-likeness (QED) is 0.409. The predicted octanol–water partition coefficient (Wildman–Crippen LogP) is 4.73. The fraction of sp³-hybridized carbons (Fsp3) is 0.167. The van der Waals surface area contributed by atoms with E-state index in [-0.39, 0.29) is 0 Å². The van der Waals surface area contributed by atoms with Crippen molar-refractivity contribution in [3.8, 4) is 0 Å². The van der Waals surface area contributed by atoms with Crippen molar-refractivity contribution in [2.24, 2.45) is 5.10 Å². The van der Waals surface area contributed by atoms with Crippen LogP contribution in [0.3, 0.4) is 0 Å². The number of H-pyrrole nitrogens is 1. The summed E-state index contributed by atoms with van der Waals surface area (Å²) in [4.78, 5) is 0. The van der Waals surface area contributed by atoms with E-state index >= 15 is 0 Å².